The van der Waals surface area contributed by atoms with E-state index in [2.05, 4.69) is 56.2 Å². The van der Waals surface area contributed by atoms with Crippen LogP contribution in [-0.4, -0.2) is 52.7 Å². The third-order valence-electron chi connectivity index (χ3n) is 5.65. The number of aromatic nitrogens is 3. The maximum Gasteiger partial charge on any atom is 0.232 e. The zero-order valence-corrected chi connectivity index (χ0v) is 20.3. The molecule has 3 aromatic rings. The number of hydrogen-bond acceptors (Lipinski definition) is 6. The third kappa shape index (κ3) is 5.75. The first-order valence-corrected chi connectivity index (χ1v) is 12.4. The number of para-hydroxylation sites is 1. The molecule has 8 heteroatoms. The standard InChI is InChI=1S/C25H31N5O2S/c1-18-16-19(2)23(20(3)17-18)26-22(31)10-7-15-33-25-28-27-24(29-11-13-32-14-12-29)30(25)21-8-5-4-6-9-21/h4-6,8-9,16-17H,7,10-15H2,1-3H3,(H,26,31). The van der Waals surface area contributed by atoms with Gasteiger partial charge in [-0.05, 0) is 50.5 Å². The Morgan fingerprint density at radius 3 is 2.45 bits per heavy atom. The molecule has 0 radical (unpaired) electrons. The number of thioether (sulfide) groups is 1. The number of nitrogens with zero attached hydrogens (tertiary/aromatic N) is 4. The largest absolute Gasteiger partial charge is 0.378 e. The highest BCUT2D eigenvalue weighted by molar-refractivity contribution is 7.99. The number of rotatable bonds is 8. The van der Waals surface area contributed by atoms with Gasteiger partial charge >= 0.3 is 0 Å². The Labute approximate surface area is 199 Å². The van der Waals surface area contributed by atoms with E-state index in [1.165, 1.54) is 5.56 Å². The van der Waals surface area contributed by atoms with Crippen LogP contribution < -0.4 is 10.2 Å². The van der Waals surface area contributed by atoms with Crippen molar-refractivity contribution in [2.75, 3.05) is 42.3 Å². The number of ether oxygens (including phenoxy) is 1. The van der Waals surface area contributed by atoms with E-state index in [0.717, 1.165) is 58.9 Å². The van der Waals surface area contributed by atoms with Crippen molar-refractivity contribution in [3.05, 3.63) is 59.2 Å². The van der Waals surface area contributed by atoms with Crippen molar-refractivity contribution in [2.24, 2.45) is 0 Å². The molecule has 4 rings (SSSR count). The van der Waals surface area contributed by atoms with Gasteiger partial charge < -0.3 is 15.0 Å². The van der Waals surface area contributed by atoms with Crippen LogP contribution in [0.2, 0.25) is 0 Å². The van der Waals surface area contributed by atoms with Crippen molar-refractivity contribution in [2.45, 2.75) is 38.8 Å². The Morgan fingerprint density at radius 2 is 1.76 bits per heavy atom. The molecule has 0 unspecified atom stereocenters. The molecule has 1 aliphatic heterocycles. The molecule has 1 amide bonds. The summed E-state index contributed by atoms with van der Waals surface area (Å²) >= 11 is 1.63. The number of morpholine rings is 1. The molecule has 0 bridgehead atoms. The predicted octanol–water partition coefficient (Wildman–Crippen LogP) is 4.54. The van der Waals surface area contributed by atoms with E-state index in [4.69, 9.17) is 4.74 Å². The number of aryl methyl sites for hydroxylation is 3. The van der Waals surface area contributed by atoms with E-state index in [1.807, 2.05) is 32.0 Å². The van der Waals surface area contributed by atoms with Crippen LogP contribution in [0.25, 0.3) is 5.69 Å². The predicted molar refractivity (Wildman–Crippen MR) is 134 cm³/mol. The summed E-state index contributed by atoms with van der Waals surface area (Å²) in [5.74, 6) is 1.67. The van der Waals surface area contributed by atoms with Crippen molar-refractivity contribution in [3.8, 4) is 5.69 Å². The minimum atomic E-state index is 0.0455. The second kappa shape index (κ2) is 10.9. The summed E-state index contributed by atoms with van der Waals surface area (Å²) in [6.45, 7) is 9.13. The van der Waals surface area contributed by atoms with Gasteiger partial charge in [0.1, 0.15) is 0 Å². The monoisotopic (exact) mass is 465 g/mol. The highest BCUT2D eigenvalue weighted by Crippen LogP contribution is 2.28. The second-order valence-electron chi connectivity index (χ2n) is 8.33. The number of carbonyl (C=O) groups excluding carboxylic acids is 1. The molecule has 0 aliphatic carbocycles. The molecule has 174 valence electrons. The van der Waals surface area contributed by atoms with Crippen LogP contribution in [0.3, 0.4) is 0 Å². The molecule has 2 aromatic carbocycles. The summed E-state index contributed by atoms with van der Waals surface area (Å²) in [5.41, 5.74) is 5.37. The topological polar surface area (TPSA) is 72.3 Å². The molecule has 7 nitrogen and oxygen atoms in total. The zero-order chi connectivity index (χ0) is 23.2. The number of hydrogen-bond donors (Lipinski definition) is 1. The van der Waals surface area contributed by atoms with E-state index in [-0.39, 0.29) is 5.91 Å². The van der Waals surface area contributed by atoms with Crippen LogP contribution in [0.5, 0.6) is 0 Å². The number of nitrogens with one attached hydrogen (secondary N) is 1. The average Bonchev–Trinajstić information content (AvgIpc) is 3.24. The van der Waals surface area contributed by atoms with Gasteiger partial charge in [0.2, 0.25) is 11.9 Å². The van der Waals surface area contributed by atoms with Gasteiger partial charge in [-0.2, -0.15) is 0 Å². The maximum absolute atomic E-state index is 12.5. The van der Waals surface area contributed by atoms with Gasteiger partial charge in [0.05, 0.1) is 18.9 Å². The molecule has 1 fully saturated rings. The van der Waals surface area contributed by atoms with Gasteiger partial charge in [-0.3, -0.25) is 9.36 Å². The van der Waals surface area contributed by atoms with E-state index in [0.29, 0.717) is 19.6 Å². The average molecular weight is 466 g/mol. The molecular formula is C25H31N5O2S. The smallest absolute Gasteiger partial charge is 0.232 e. The van der Waals surface area contributed by atoms with Gasteiger partial charge in [-0.1, -0.05) is 47.7 Å². The summed E-state index contributed by atoms with van der Waals surface area (Å²) in [6, 6.07) is 14.4. The van der Waals surface area contributed by atoms with Crippen LogP contribution >= 0.6 is 11.8 Å². The summed E-state index contributed by atoms with van der Waals surface area (Å²) in [5, 5.41) is 12.9. The van der Waals surface area contributed by atoms with Gasteiger partial charge in [-0.25, -0.2) is 0 Å². The van der Waals surface area contributed by atoms with Gasteiger partial charge in [0.15, 0.2) is 5.16 Å². The lowest BCUT2D eigenvalue weighted by atomic mass is 10.0. The van der Waals surface area contributed by atoms with Crippen LogP contribution in [0, 0.1) is 20.8 Å². The Morgan fingerprint density at radius 1 is 1.06 bits per heavy atom. The van der Waals surface area contributed by atoms with E-state index in [1.54, 1.807) is 11.8 Å². The van der Waals surface area contributed by atoms with E-state index < -0.39 is 0 Å². The first-order chi connectivity index (χ1) is 16.0. The highest BCUT2D eigenvalue weighted by atomic mass is 32.2. The van der Waals surface area contributed by atoms with Crippen molar-refractivity contribution in [1.82, 2.24) is 14.8 Å². The quantitative estimate of drug-likeness (QED) is 0.389. The molecule has 1 aliphatic rings. The van der Waals surface area contributed by atoms with Crippen molar-refractivity contribution < 1.29 is 9.53 Å². The number of anilines is 2. The summed E-state index contributed by atoms with van der Waals surface area (Å²) in [6.07, 6.45) is 1.23. The molecule has 0 spiro atoms. The highest BCUT2D eigenvalue weighted by Gasteiger charge is 2.21. The maximum atomic E-state index is 12.5. The minimum absolute atomic E-state index is 0.0455. The van der Waals surface area contributed by atoms with Crippen molar-refractivity contribution >= 4 is 29.3 Å². The fourth-order valence-corrected chi connectivity index (χ4v) is 4.99. The minimum Gasteiger partial charge on any atom is -0.378 e. The van der Waals surface area contributed by atoms with Crippen LogP contribution in [0.1, 0.15) is 29.5 Å². The van der Waals surface area contributed by atoms with Gasteiger partial charge in [0, 0.05) is 31.0 Å². The molecular weight excluding hydrogens is 434 g/mol. The normalized spacial score (nSPS) is 13.8. The second-order valence-corrected chi connectivity index (χ2v) is 9.39. The van der Waals surface area contributed by atoms with Crippen LogP contribution in [0.4, 0.5) is 11.6 Å². The van der Waals surface area contributed by atoms with E-state index in [9.17, 15) is 4.79 Å². The summed E-state index contributed by atoms with van der Waals surface area (Å²) in [7, 11) is 0. The third-order valence-corrected chi connectivity index (χ3v) is 6.66. The lowest BCUT2D eigenvalue weighted by molar-refractivity contribution is -0.116. The first-order valence-electron chi connectivity index (χ1n) is 11.4. The lowest BCUT2D eigenvalue weighted by Crippen LogP contribution is -2.37. The Bertz CT molecular complexity index is 1070. The van der Waals surface area contributed by atoms with Gasteiger partial charge in [-0.15, -0.1) is 10.2 Å². The van der Waals surface area contributed by atoms with Crippen molar-refractivity contribution in [1.29, 1.82) is 0 Å². The SMILES string of the molecule is Cc1cc(C)c(NC(=O)CCCSc2nnc(N3CCOCC3)n2-c2ccccc2)c(C)c1. The lowest BCUT2D eigenvalue weighted by Gasteiger charge is -2.27. The molecule has 0 saturated carbocycles. The molecule has 1 N–H and O–H groups in total. The Balaban J connectivity index is 1.38. The fourth-order valence-electron chi connectivity index (χ4n) is 4.10. The number of amides is 1. The Hall–Kier alpha value is -2.84. The van der Waals surface area contributed by atoms with Crippen LogP contribution in [0.15, 0.2) is 47.6 Å². The molecule has 33 heavy (non-hydrogen) atoms. The van der Waals surface area contributed by atoms with E-state index >= 15 is 0 Å². The summed E-state index contributed by atoms with van der Waals surface area (Å²) in [4.78, 5) is 14.8. The van der Waals surface area contributed by atoms with Crippen molar-refractivity contribution in [3.63, 3.8) is 0 Å². The molecule has 1 saturated heterocycles. The number of carbonyl (C=O) groups is 1. The van der Waals surface area contributed by atoms with Gasteiger partial charge in [0.25, 0.3) is 0 Å². The molecule has 1 aromatic heterocycles. The zero-order valence-electron chi connectivity index (χ0n) is 19.5. The molecule has 2 heterocycles. The van der Waals surface area contributed by atoms with Crippen LogP contribution in [-0.2, 0) is 9.53 Å². The number of benzene rings is 2. The molecule has 0 atom stereocenters. The fraction of sp³-hybridized carbons (Fsp3) is 0.400. The first kappa shape index (κ1) is 23.3. The Kier molecular flexibility index (Phi) is 7.67. The summed E-state index contributed by atoms with van der Waals surface area (Å²) < 4.78 is 7.60.